The first-order valence-electron chi connectivity index (χ1n) is 6.39. The van der Waals surface area contributed by atoms with E-state index in [4.69, 9.17) is 0 Å². The van der Waals surface area contributed by atoms with E-state index in [2.05, 4.69) is 23.2 Å². The SMILES string of the molecule is Cc1ncc(C(=O)O)n1Cc1cccc2ccccc12. The molecule has 3 aromatic rings. The summed E-state index contributed by atoms with van der Waals surface area (Å²) in [6.07, 6.45) is 1.41. The van der Waals surface area contributed by atoms with Crippen molar-refractivity contribution in [1.82, 2.24) is 9.55 Å². The normalized spacial score (nSPS) is 10.8. The molecule has 1 aromatic heterocycles. The molecule has 0 spiro atoms. The molecule has 3 rings (SSSR count). The molecule has 1 heterocycles. The van der Waals surface area contributed by atoms with Crippen LogP contribution in [0.25, 0.3) is 10.8 Å². The van der Waals surface area contributed by atoms with Gasteiger partial charge in [0.05, 0.1) is 12.7 Å². The van der Waals surface area contributed by atoms with Gasteiger partial charge in [0.2, 0.25) is 0 Å². The van der Waals surface area contributed by atoms with Crippen molar-refractivity contribution in [3.8, 4) is 0 Å². The first-order valence-corrected chi connectivity index (χ1v) is 6.39. The van der Waals surface area contributed by atoms with E-state index in [-0.39, 0.29) is 5.69 Å². The number of carboxylic acid groups (broad SMARTS) is 1. The topological polar surface area (TPSA) is 55.1 Å². The van der Waals surface area contributed by atoms with E-state index in [0.29, 0.717) is 12.4 Å². The van der Waals surface area contributed by atoms with Crippen LogP contribution in [0.1, 0.15) is 21.9 Å². The van der Waals surface area contributed by atoms with E-state index in [1.54, 1.807) is 4.57 Å². The zero-order valence-electron chi connectivity index (χ0n) is 11.1. The van der Waals surface area contributed by atoms with Crippen LogP contribution in [0.4, 0.5) is 0 Å². The Morgan fingerprint density at radius 2 is 1.95 bits per heavy atom. The highest BCUT2D eigenvalue weighted by molar-refractivity contribution is 5.87. The van der Waals surface area contributed by atoms with Crippen molar-refractivity contribution >= 4 is 16.7 Å². The largest absolute Gasteiger partial charge is 0.477 e. The fourth-order valence-corrected chi connectivity index (χ4v) is 2.44. The van der Waals surface area contributed by atoms with Gasteiger partial charge in [-0.1, -0.05) is 42.5 Å². The molecule has 100 valence electrons. The lowest BCUT2D eigenvalue weighted by molar-refractivity contribution is 0.0685. The van der Waals surface area contributed by atoms with Crippen LogP contribution in [0, 0.1) is 6.92 Å². The zero-order valence-corrected chi connectivity index (χ0v) is 11.1. The van der Waals surface area contributed by atoms with Crippen LogP contribution in [0.2, 0.25) is 0 Å². The number of rotatable bonds is 3. The first-order chi connectivity index (χ1) is 9.66. The smallest absolute Gasteiger partial charge is 0.354 e. The van der Waals surface area contributed by atoms with E-state index in [9.17, 15) is 9.90 Å². The standard InChI is InChI=1S/C16H14N2O2/c1-11-17-9-15(16(19)20)18(11)10-13-7-4-6-12-5-2-3-8-14(12)13/h2-9H,10H2,1H3,(H,19,20). The molecule has 1 N–H and O–H groups in total. The maximum Gasteiger partial charge on any atom is 0.354 e. The maximum atomic E-state index is 11.2. The number of carboxylic acids is 1. The molecular weight excluding hydrogens is 252 g/mol. The Kier molecular flexibility index (Phi) is 2.99. The Morgan fingerprint density at radius 3 is 2.75 bits per heavy atom. The second-order valence-electron chi connectivity index (χ2n) is 4.72. The predicted octanol–water partition coefficient (Wildman–Crippen LogP) is 3.09. The number of benzene rings is 2. The average molecular weight is 266 g/mol. The summed E-state index contributed by atoms with van der Waals surface area (Å²) in [5.74, 6) is -0.249. The predicted molar refractivity (Wildman–Crippen MR) is 77.0 cm³/mol. The Labute approximate surface area is 116 Å². The Hall–Kier alpha value is -2.62. The molecular formula is C16H14N2O2. The Balaban J connectivity index is 2.10. The fraction of sp³-hybridized carbons (Fsp3) is 0.125. The maximum absolute atomic E-state index is 11.2. The number of aryl methyl sites for hydroxylation is 1. The van der Waals surface area contributed by atoms with Crippen molar-refractivity contribution in [3.05, 3.63) is 65.7 Å². The molecule has 2 aromatic carbocycles. The van der Waals surface area contributed by atoms with Crippen LogP contribution in [0.5, 0.6) is 0 Å². The number of aromatic nitrogens is 2. The van der Waals surface area contributed by atoms with Gasteiger partial charge < -0.3 is 9.67 Å². The van der Waals surface area contributed by atoms with Gasteiger partial charge in [-0.05, 0) is 23.3 Å². The molecule has 0 radical (unpaired) electrons. The van der Waals surface area contributed by atoms with Gasteiger partial charge in [-0.15, -0.1) is 0 Å². The molecule has 0 saturated carbocycles. The van der Waals surface area contributed by atoms with Gasteiger partial charge in [-0.25, -0.2) is 9.78 Å². The number of nitrogens with zero attached hydrogens (tertiary/aromatic N) is 2. The number of hydrogen-bond donors (Lipinski definition) is 1. The molecule has 0 aliphatic rings. The summed E-state index contributed by atoms with van der Waals surface area (Å²) < 4.78 is 1.73. The van der Waals surface area contributed by atoms with Crippen LogP contribution in [-0.4, -0.2) is 20.6 Å². The lowest BCUT2D eigenvalue weighted by Gasteiger charge is -2.10. The van der Waals surface area contributed by atoms with Gasteiger partial charge in [-0.2, -0.15) is 0 Å². The zero-order chi connectivity index (χ0) is 14.1. The summed E-state index contributed by atoms with van der Waals surface area (Å²) in [5.41, 5.74) is 1.31. The van der Waals surface area contributed by atoms with Crippen molar-refractivity contribution in [3.63, 3.8) is 0 Å². The molecule has 0 saturated heterocycles. The molecule has 4 heteroatoms. The third kappa shape index (κ3) is 2.05. The summed E-state index contributed by atoms with van der Waals surface area (Å²) in [5, 5.41) is 11.5. The summed E-state index contributed by atoms with van der Waals surface area (Å²) in [6.45, 7) is 2.33. The van der Waals surface area contributed by atoms with Crippen LogP contribution in [0.15, 0.2) is 48.7 Å². The Morgan fingerprint density at radius 1 is 1.20 bits per heavy atom. The molecule has 0 fully saturated rings. The molecule has 0 amide bonds. The molecule has 0 bridgehead atoms. The van der Waals surface area contributed by atoms with Crippen LogP contribution in [-0.2, 0) is 6.54 Å². The van der Waals surface area contributed by atoms with E-state index in [1.807, 2.05) is 31.2 Å². The van der Waals surface area contributed by atoms with Gasteiger partial charge in [0.15, 0.2) is 0 Å². The number of carbonyl (C=O) groups is 1. The van der Waals surface area contributed by atoms with Crippen molar-refractivity contribution in [2.75, 3.05) is 0 Å². The number of aromatic carboxylic acids is 1. The number of fused-ring (bicyclic) bond motifs is 1. The van der Waals surface area contributed by atoms with E-state index in [0.717, 1.165) is 16.3 Å². The number of hydrogen-bond acceptors (Lipinski definition) is 2. The third-order valence-electron chi connectivity index (χ3n) is 3.48. The second kappa shape index (κ2) is 4.81. The van der Waals surface area contributed by atoms with Crippen LogP contribution >= 0.6 is 0 Å². The van der Waals surface area contributed by atoms with E-state index >= 15 is 0 Å². The highest BCUT2D eigenvalue weighted by Crippen LogP contribution is 2.20. The second-order valence-corrected chi connectivity index (χ2v) is 4.72. The minimum Gasteiger partial charge on any atom is -0.477 e. The van der Waals surface area contributed by atoms with Crippen molar-refractivity contribution in [2.45, 2.75) is 13.5 Å². The fourth-order valence-electron chi connectivity index (χ4n) is 2.44. The lowest BCUT2D eigenvalue weighted by atomic mass is 10.0. The van der Waals surface area contributed by atoms with Crippen LogP contribution in [0.3, 0.4) is 0 Å². The van der Waals surface area contributed by atoms with Gasteiger partial charge in [0, 0.05) is 0 Å². The van der Waals surface area contributed by atoms with Crippen molar-refractivity contribution in [2.24, 2.45) is 0 Å². The number of imidazole rings is 1. The van der Waals surface area contributed by atoms with Gasteiger partial charge >= 0.3 is 5.97 Å². The molecule has 0 atom stereocenters. The quantitative estimate of drug-likeness (QED) is 0.792. The summed E-state index contributed by atoms with van der Waals surface area (Å²) >= 11 is 0. The Bertz CT molecular complexity index is 785. The van der Waals surface area contributed by atoms with Gasteiger partial charge in [0.25, 0.3) is 0 Å². The first kappa shape index (κ1) is 12.4. The van der Waals surface area contributed by atoms with Crippen molar-refractivity contribution in [1.29, 1.82) is 0 Å². The monoisotopic (exact) mass is 266 g/mol. The molecule has 0 unspecified atom stereocenters. The minimum atomic E-state index is -0.953. The van der Waals surface area contributed by atoms with Crippen LogP contribution < -0.4 is 0 Å². The molecule has 0 aliphatic heterocycles. The molecule has 20 heavy (non-hydrogen) atoms. The third-order valence-corrected chi connectivity index (χ3v) is 3.48. The lowest BCUT2D eigenvalue weighted by Crippen LogP contribution is -2.11. The van der Waals surface area contributed by atoms with Gasteiger partial charge in [-0.3, -0.25) is 0 Å². The highest BCUT2D eigenvalue weighted by Gasteiger charge is 2.14. The van der Waals surface area contributed by atoms with E-state index in [1.165, 1.54) is 6.20 Å². The minimum absolute atomic E-state index is 0.218. The summed E-state index contributed by atoms with van der Waals surface area (Å²) in [7, 11) is 0. The molecule has 0 aliphatic carbocycles. The molecule has 4 nitrogen and oxygen atoms in total. The average Bonchev–Trinajstić information content (AvgIpc) is 2.81. The highest BCUT2D eigenvalue weighted by atomic mass is 16.4. The summed E-state index contributed by atoms with van der Waals surface area (Å²) in [4.78, 5) is 15.3. The van der Waals surface area contributed by atoms with E-state index < -0.39 is 5.97 Å². The van der Waals surface area contributed by atoms with Gasteiger partial charge in [0.1, 0.15) is 11.5 Å². The summed E-state index contributed by atoms with van der Waals surface area (Å²) in [6, 6.07) is 14.2. The van der Waals surface area contributed by atoms with Crippen molar-refractivity contribution < 1.29 is 9.90 Å².